The van der Waals surface area contributed by atoms with E-state index < -0.39 is 0 Å². The van der Waals surface area contributed by atoms with Gasteiger partial charge >= 0.3 is 0 Å². The van der Waals surface area contributed by atoms with Gasteiger partial charge in [-0.25, -0.2) is 4.98 Å². The number of nitrogens with zero attached hydrogens (tertiary/aromatic N) is 2. The molecule has 1 amide bonds. The molecule has 0 aliphatic heterocycles. The normalized spacial score (nSPS) is 10.4. The fraction of sp³-hybridized carbons (Fsp3) is 0.150. The Morgan fingerprint density at radius 2 is 1.75 bits per heavy atom. The second kappa shape index (κ2) is 7.04. The van der Waals surface area contributed by atoms with Crippen LogP contribution in [0.5, 0.6) is 0 Å². The summed E-state index contributed by atoms with van der Waals surface area (Å²) in [7, 11) is 0. The van der Waals surface area contributed by atoms with E-state index in [1.807, 2.05) is 43.3 Å². The second-order valence-corrected chi connectivity index (χ2v) is 5.65. The van der Waals surface area contributed by atoms with Gasteiger partial charge in [-0.3, -0.25) is 9.78 Å². The molecule has 0 fully saturated rings. The Balaban J connectivity index is 1.76. The Morgan fingerprint density at radius 1 is 1.00 bits per heavy atom. The zero-order valence-electron chi connectivity index (χ0n) is 13.8. The number of nitrogens with one attached hydrogen (secondary N) is 1. The van der Waals surface area contributed by atoms with Gasteiger partial charge < -0.3 is 5.32 Å². The molecule has 3 aromatic rings. The molecule has 3 rings (SSSR count). The van der Waals surface area contributed by atoms with Gasteiger partial charge in [-0.15, -0.1) is 0 Å². The summed E-state index contributed by atoms with van der Waals surface area (Å²) in [5.41, 5.74) is 4.78. The quantitative estimate of drug-likeness (QED) is 0.782. The van der Waals surface area contributed by atoms with Crippen LogP contribution < -0.4 is 5.32 Å². The van der Waals surface area contributed by atoms with Crippen molar-refractivity contribution in [2.24, 2.45) is 0 Å². The monoisotopic (exact) mass is 317 g/mol. The molecule has 0 aliphatic rings. The van der Waals surface area contributed by atoms with Gasteiger partial charge in [0.15, 0.2) is 0 Å². The first-order valence-corrected chi connectivity index (χ1v) is 7.95. The predicted molar refractivity (Wildman–Crippen MR) is 96.0 cm³/mol. The van der Waals surface area contributed by atoms with E-state index in [1.54, 1.807) is 24.5 Å². The van der Waals surface area contributed by atoms with Gasteiger partial charge in [0.2, 0.25) is 0 Å². The summed E-state index contributed by atoms with van der Waals surface area (Å²) in [6.07, 6.45) is 4.40. The number of carbonyl (C=O) groups excluding carboxylic acids is 1. The summed E-state index contributed by atoms with van der Waals surface area (Å²) < 4.78 is 0. The highest BCUT2D eigenvalue weighted by molar-refractivity contribution is 6.04. The van der Waals surface area contributed by atoms with E-state index in [0.717, 1.165) is 28.8 Å². The molecule has 120 valence electrons. The molecule has 0 spiro atoms. The Hall–Kier alpha value is -3.01. The van der Waals surface area contributed by atoms with Gasteiger partial charge in [0.25, 0.3) is 5.91 Å². The van der Waals surface area contributed by atoms with E-state index >= 15 is 0 Å². The maximum atomic E-state index is 12.3. The first-order valence-electron chi connectivity index (χ1n) is 7.95. The Morgan fingerprint density at radius 3 is 2.46 bits per heavy atom. The van der Waals surface area contributed by atoms with Crippen molar-refractivity contribution in [2.75, 3.05) is 5.32 Å². The number of amides is 1. The molecule has 0 aliphatic carbocycles. The molecule has 2 aromatic heterocycles. The summed E-state index contributed by atoms with van der Waals surface area (Å²) in [5.74, 6) is 0.406. The Kier molecular flexibility index (Phi) is 4.66. The summed E-state index contributed by atoms with van der Waals surface area (Å²) in [4.78, 5) is 20.9. The topological polar surface area (TPSA) is 54.9 Å². The molecule has 0 unspecified atom stereocenters. The third kappa shape index (κ3) is 3.66. The van der Waals surface area contributed by atoms with Crippen LogP contribution in [-0.2, 0) is 6.42 Å². The van der Waals surface area contributed by atoms with Crippen molar-refractivity contribution in [2.45, 2.75) is 20.3 Å². The number of hydrogen-bond donors (Lipinski definition) is 1. The van der Waals surface area contributed by atoms with Gasteiger partial charge in [-0.2, -0.15) is 0 Å². The molecule has 2 heterocycles. The number of benzene rings is 1. The highest BCUT2D eigenvalue weighted by atomic mass is 16.1. The van der Waals surface area contributed by atoms with Crippen LogP contribution in [0.1, 0.15) is 28.4 Å². The number of hydrogen-bond acceptors (Lipinski definition) is 3. The van der Waals surface area contributed by atoms with Crippen molar-refractivity contribution in [1.82, 2.24) is 9.97 Å². The average molecular weight is 317 g/mol. The van der Waals surface area contributed by atoms with Crippen LogP contribution >= 0.6 is 0 Å². The minimum absolute atomic E-state index is 0.167. The minimum Gasteiger partial charge on any atom is -0.307 e. The van der Waals surface area contributed by atoms with Gasteiger partial charge in [0, 0.05) is 23.5 Å². The van der Waals surface area contributed by atoms with Crippen LogP contribution in [0.4, 0.5) is 5.82 Å². The largest absolute Gasteiger partial charge is 0.307 e. The lowest BCUT2D eigenvalue weighted by molar-refractivity contribution is 0.102. The molecule has 0 saturated carbocycles. The summed E-state index contributed by atoms with van der Waals surface area (Å²) in [6, 6.07) is 15.2. The maximum absolute atomic E-state index is 12.3. The van der Waals surface area contributed by atoms with Crippen molar-refractivity contribution in [3.8, 4) is 11.3 Å². The fourth-order valence-electron chi connectivity index (χ4n) is 2.44. The Bertz CT molecular complexity index is 857. The van der Waals surface area contributed by atoms with Crippen molar-refractivity contribution in [3.63, 3.8) is 0 Å². The van der Waals surface area contributed by atoms with Crippen LogP contribution in [-0.4, -0.2) is 15.9 Å². The summed E-state index contributed by atoms with van der Waals surface area (Å²) >= 11 is 0. The number of aromatic nitrogens is 2. The molecular weight excluding hydrogens is 298 g/mol. The lowest BCUT2D eigenvalue weighted by atomic mass is 10.1. The molecule has 24 heavy (non-hydrogen) atoms. The van der Waals surface area contributed by atoms with E-state index in [0.29, 0.717) is 11.4 Å². The number of rotatable bonds is 4. The molecule has 1 aromatic carbocycles. The molecule has 0 atom stereocenters. The smallest absolute Gasteiger partial charge is 0.256 e. The van der Waals surface area contributed by atoms with Crippen LogP contribution in [0.2, 0.25) is 0 Å². The van der Waals surface area contributed by atoms with Gasteiger partial charge in [-0.05, 0) is 60.9 Å². The lowest BCUT2D eigenvalue weighted by Gasteiger charge is -2.07. The molecule has 0 radical (unpaired) electrons. The van der Waals surface area contributed by atoms with Crippen LogP contribution in [0.3, 0.4) is 0 Å². The molecule has 0 saturated heterocycles. The Labute approximate surface area is 141 Å². The lowest BCUT2D eigenvalue weighted by Crippen LogP contribution is -2.13. The van der Waals surface area contributed by atoms with Crippen molar-refractivity contribution >= 4 is 11.7 Å². The van der Waals surface area contributed by atoms with Gasteiger partial charge in [-0.1, -0.05) is 19.1 Å². The molecule has 0 bridgehead atoms. The highest BCUT2D eigenvalue weighted by Gasteiger charge is 2.08. The first kappa shape index (κ1) is 15.9. The van der Waals surface area contributed by atoms with E-state index in [9.17, 15) is 4.79 Å². The van der Waals surface area contributed by atoms with Crippen molar-refractivity contribution in [3.05, 3.63) is 77.6 Å². The SMILES string of the molecule is CCc1ccnc(NC(=O)c2ccc(-c3cc(C)ccn3)cc2)c1. The standard InChI is InChI=1S/C20H19N3O/c1-3-15-9-11-22-19(13-15)23-20(24)17-6-4-16(5-7-17)18-12-14(2)8-10-21-18/h4-13H,3H2,1-2H3,(H,22,23,24). The fourth-order valence-corrected chi connectivity index (χ4v) is 2.44. The molecule has 4 heteroatoms. The van der Waals surface area contributed by atoms with E-state index in [4.69, 9.17) is 0 Å². The van der Waals surface area contributed by atoms with Crippen LogP contribution in [0.25, 0.3) is 11.3 Å². The third-order valence-electron chi connectivity index (χ3n) is 3.83. The maximum Gasteiger partial charge on any atom is 0.256 e. The van der Waals surface area contributed by atoms with Gasteiger partial charge in [0.1, 0.15) is 5.82 Å². The molecule has 4 nitrogen and oxygen atoms in total. The van der Waals surface area contributed by atoms with Crippen molar-refractivity contribution < 1.29 is 4.79 Å². The minimum atomic E-state index is -0.167. The molecular formula is C20H19N3O. The first-order chi connectivity index (χ1) is 11.7. The number of pyridine rings is 2. The third-order valence-corrected chi connectivity index (χ3v) is 3.83. The van der Waals surface area contributed by atoms with Crippen LogP contribution in [0.15, 0.2) is 60.9 Å². The zero-order chi connectivity index (χ0) is 16.9. The number of aryl methyl sites for hydroxylation is 2. The predicted octanol–water partition coefficient (Wildman–Crippen LogP) is 4.27. The van der Waals surface area contributed by atoms with E-state index in [2.05, 4.69) is 22.2 Å². The zero-order valence-corrected chi connectivity index (χ0v) is 13.8. The van der Waals surface area contributed by atoms with Gasteiger partial charge in [0.05, 0.1) is 5.69 Å². The second-order valence-electron chi connectivity index (χ2n) is 5.65. The molecule has 1 N–H and O–H groups in total. The van der Waals surface area contributed by atoms with E-state index in [-0.39, 0.29) is 5.91 Å². The number of anilines is 1. The van der Waals surface area contributed by atoms with E-state index in [1.165, 1.54) is 0 Å². The van der Waals surface area contributed by atoms with Crippen LogP contribution in [0, 0.1) is 6.92 Å². The number of carbonyl (C=O) groups is 1. The van der Waals surface area contributed by atoms with Crippen molar-refractivity contribution in [1.29, 1.82) is 0 Å². The highest BCUT2D eigenvalue weighted by Crippen LogP contribution is 2.19. The summed E-state index contributed by atoms with van der Waals surface area (Å²) in [5, 5.41) is 2.84. The summed E-state index contributed by atoms with van der Waals surface area (Å²) in [6.45, 7) is 4.10. The average Bonchev–Trinajstić information content (AvgIpc) is 2.62.